The Balaban J connectivity index is 1.65. The summed E-state index contributed by atoms with van der Waals surface area (Å²) in [5.74, 6) is 0.356. The lowest BCUT2D eigenvalue weighted by atomic mass is 10.1. The molecule has 26 heavy (non-hydrogen) atoms. The molecule has 2 aromatic rings. The Hall–Kier alpha value is -2.27. The van der Waals surface area contributed by atoms with Crippen molar-refractivity contribution >= 4 is 34.2 Å². The molecule has 2 aromatic carbocycles. The molecule has 0 radical (unpaired) electrons. The molecule has 0 atom stereocenters. The van der Waals surface area contributed by atoms with E-state index in [0.717, 1.165) is 35.2 Å². The minimum Gasteiger partial charge on any atom is -0.351 e. The zero-order chi connectivity index (χ0) is 18.2. The summed E-state index contributed by atoms with van der Waals surface area (Å²) in [6.07, 6.45) is 3.64. The van der Waals surface area contributed by atoms with Gasteiger partial charge in [-0.15, -0.1) is 0 Å². The number of thioether (sulfide) groups is 1. The van der Waals surface area contributed by atoms with E-state index in [4.69, 9.17) is 4.99 Å². The Morgan fingerprint density at radius 1 is 1.08 bits per heavy atom. The van der Waals surface area contributed by atoms with Crippen LogP contribution in [0.15, 0.2) is 59.6 Å². The van der Waals surface area contributed by atoms with E-state index in [1.807, 2.05) is 61.5 Å². The predicted molar refractivity (Wildman–Crippen MR) is 111 cm³/mol. The third kappa shape index (κ3) is 5.63. The Kier molecular flexibility index (Phi) is 6.72. The van der Waals surface area contributed by atoms with E-state index in [2.05, 4.69) is 10.2 Å². The fourth-order valence-corrected chi connectivity index (χ4v) is 3.81. The van der Waals surface area contributed by atoms with Gasteiger partial charge in [-0.25, -0.2) is 4.99 Å². The van der Waals surface area contributed by atoms with Crippen LogP contribution in [0.2, 0.25) is 0 Å². The fourth-order valence-electron chi connectivity index (χ4n) is 2.94. The molecule has 3 rings (SSSR count). The maximum absolute atomic E-state index is 12.4. The number of aliphatic imine (C=N–C) groups is 1. The summed E-state index contributed by atoms with van der Waals surface area (Å²) in [6, 6.07) is 17.8. The number of nitrogens with zero attached hydrogens (tertiary/aromatic N) is 2. The van der Waals surface area contributed by atoms with Crippen molar-refractivity contribution in [2.75, 3.05) is 24.2 Å². The second-order valence-electron chi connectivity index (χ2n) is 6.48. The van der Waals surface area contributed by atoms with E-state index in [1.165, 1.54) is 31.0 Å². The molecule has 136 valence electrons. The summed E-state index contributed by atoms with van der Waals surface area (Å²) in [5.41, 5.74) is 2.91. The molecule has 4 nitrogen and oxygen atoms in total. The lowest BCUT2D eigenvalue weighted by Crippen LogP contribution is -2.34. The van der Waals surface area contributed by atoms with Crippen molar-refractivity contribution in [2.24, 2.45) is 4.99 Å². The van der Waals surface area contributed by atoms with Gasteiger partial charge < -0.3 is 10.2 Å². The number of amides is 1. The number of hydrogen-bond acceptors (Lipinski definition) is 3. The molecule has 1 N–H and O–H groups in total. The topological polar surface area (TPSA) is 44.7 Å². The van der Waals surface area contributed by atoms with Crippen molar-refractivity contribution in [1.29, 1.82) is 0 Å². The Labute approximate surface area is 159 Å². The van der Waals surface area contributed by atoms with Gasteiger partial charge in [0.15, 0.2) is 5.17 Å². The summed E-state index contributed by atoms with van der Waals surface area (Å²) >= 11 is 1.52. The summed E-state index contributed by atoms with van der Waals surface area (Å²) in [5, 5.41) is 3.91. The summed E-state index contributed by atoms with van der Waals surface area (Å²) in [7, 11) is 0. The monoisotopic (exact) mass is 367 g/mol. The molecule has 0 bridgehead atoms. The summed E-state index contributed by atoms with van der Waals surface area (Å²) in [4.78, 5) is 19.5. The van der Waals surface area contributed by atoms with Crippen molar-refractivity contribution in [2.45, 2.75) is 26.2 Å². The predicted octanol–water partition coefficient (Wildman–Crippen LogP) is 4.84. The first-order chi connectivity index (χ1) is 12.7. The molecule has 0 unspecified atom stereocenters. The molecule has 0 aromatic heterocycles. The zero-order valence-corrected chi connectivity index (χ0v) is 16.0. The van der Waals surface area contributed by atoms with Crippen LogP contribution in [-0.2, 0) is 4.79 Å². The first-order valence-corrected chi connectivity index (χ1v) is 10.1. The van der Waals surface area contributed by atoms with Gasteiger partial charge in [-0.05, 0) is 56.0 Å². The quantitative estimate of drug-likeness (QED) is 0.621. The SMILES string of the molecule is Cc1cccc(NC(=O)CSC(=Nc2ccccc2)N2CCCCC2)c1. The molecular weight excluding hydrogens is 342 g/mol. The third-order valence-electron chi connectivity index (χ3n) is 4.24. The van der Waals surface area contributed by atoms with Gasteiger partial charge in [-0.1, -0.05) is 42.1 Å². The van der Waals surface area contributed by atoms with Gasteiger partial charge in [0.1, 0.15) is 0 Å². The number of benzene rings is 2. The number of aryl methyl sites for hydroxylation is 1. The molecule has 0 spiro atoms. The van der Waals surface area contributed by atoms with Crippen molar-refractivity contribution in [3.63, 3.8) is 0 Å². The summed E-state index contributed by atoms with van der Waals surface area (Å²) < 4.78 is 0. The number of hydrogen-bond donors (Lipinski definition) is 1. The average Bonchev–Trinajstić information content (AvgIpc) is 2.66. The van der Waals surface area contributed by atoms with E-state index >= 15 is 0 Å². The molecule has 0 aliphatic carbocycles. The maximum atomic E-state index is 12.4. The molecule has 1 heterocycles. The largest absolute Gasteiger partial charge is 0.351 e. The summed E-state index contributed by atoms with van der Waals surface area (Å²) in [6.45, 7) is 4.04. The van der Waals surface area contributed by atoms with Crippen LogP contribution in [0.4, 0.5) is 11.4 Å². The molecule has 0 saturated carbocycles. The molecule has 1 aliphatic heterocycles. The van der Waals surface area contributed by atoms with Gasteiger partial charge in [0, 0.05) is 18.8 Å². The van der Waals surface area contributed by atoms with Gasteiger partial charge >= 0.3 is 0 Å². The van der Waals surface area contributed by atoms with Crippen LogP contribution in [0.3, 0.4) is 0 Å². The van der Waals surface area contributed by atoms with E-state index in [-0.39, 0.29) is 5.91 Å². The first-order valence-electron chi connectivity index (χ1n) is 9.09. The minimum absolute atomic E-state index is 0.00151. The van der Waals surface area contributed by atoms with Gasteiger partial charge in [0.25, 0.3) is 0 Å². The number of likely N-dealkylation sites (tertiary alicyclic amines) is 1. The highest BCUT2D eigenvalue weighted by atomic mass is 32.2. The maximum Gasteiger partial charge on any atom is 0.234 e. The smallest absolute Gasteiger partial charge is 0.234 e. The highest BCUT2D eigenvalue weighted by Gasteiger charge is 2.17. The number of piperidine rings is 1. The molecule has 1 amide bonds. The van der Waals surface area contributed by atoms with Crippen molar-refractivity contribution in [3.8, 4) is 0 Å². The molecule has 1 aliphatic rings. The number of rotatable bonds is 4. The van der Waals surface area contributed by atoms with E-state index in [9.17, 15) is 4.79 Å². The van der Waals surface area contributed by atoms with E-state index in [1.54, 1.807) is 0 Å². The molecule has 5 heteroatoms. The van der Waals surface area contributed by atoms with Crippen LogP contribution >= 0.6 is 11.8 Å². The van der Waals surface area contributed by atoms with Gasteiger partial charge in [0.05, 0.1) is 11.4 Å². The number of carbonyl (C=O) groups is 1. The number of anilines is 1. The van der Waals surface area contributed by atoms with E-state index in [0.29, 0.717) is 5.75 Å². The zero-order valence-electron chi connectivity index (χ0n) is 15.1. The highest BCUT2D eigenvalue weighted by molar-refractivity contribution is 8.14. The van der Waals surface area contributed by atoms with Crippen molar-refractivity contribution < 1.29 is 4.79 Å². The number of carbonyl (C=O) groups excluding carboxylic acids is 1. The van der Waals surface area contributed by atoms with Crippen molar-refractivity contribution in [3.05, 3.63) is 60.2 Å². The van der Waals surface area contributed by atoms with Crippen LogP contribution in [-0.4, -0.2) is 34.8 Å². The van der Waals surface area contributed by atoms with Gasteiger partial charge in [-0.3, -0.25) is 4.79 Å². The molecule has 1 fully saturated rings. The average molecular weight is 368 g/mol. The molecule has 1 saturated heterocycles. The highest BCUT2D eigenvalue weighted by Crippen LogP contribution is 2.21. The lowest BCUT2D eigenvalue weighted by Gasteiger charge is -2.29. The van der Waals surface area contributed by atoms with E-state index < -0.39 is 0 Å². The van der Waals surface area contributed by atoms with Crippen LogP contribution in [0.1, 0.15) is 24.8 Å². The lowest BCUT2D eigenvalue weighted by molar-refractivity contribution is -0.113. The van der Waals surface area contributed by atoms with Crippen LogP contribution in [0.5, 0.6) is 0 Å². The van der Waals surface area contributed by atoms with Crippen LogP contribution < -0.4 is 5.32 Å². The molecular formula is C21H25N3OS. The van der Waals surface area contributed by atoms with Gasteiger partial charge in [-0.2, -0.15) is 0 Å². The third-order valence-corrected chi connectivity index (χ3v) is 5.26. The van der Waals surface area contributed by atoms with Crippen LogP contribution in [0.25, 0.3) is 0 Å². The Morgan fingerprint density at radius 3 is 2.58 bits per heavy atom. The second-order valence-corrected chi connectivity index (χ2v) is 7.43. The normalized spacial score (nSPS) is 15.0. The van der Waals surface area contributed by atoms with Gasteiger partial charge in [0.2, 0.25) is 5.91 Å². The number of para-hydroxylation sites is 1. The van der Waals surface area contributed by atoms with Crippen LogP contribution in [0, 0.1) is 6.92 Å². The Morgan fingerprint density at radius 2 is 1.85 bits per heavy atom. The second kappa shape index (κ2) is 9.43. The number of nitrogens with one attached hydrogen (secondary N) is 1. The standard InChI is InChI=1S/C21H25N3OS/c1-17-9-8-12-19(15-17)22-20(25)16-26-21(24-13-6-3-7-14-24)23-18-10-4-2-5-11-18/h2,4-5,8-12,15H,3,6-7,13-14,16H2,1H3,(H,22,25). The first kappa shape index (κ1) is 18.5. The number of amidine groups is 1. The Bertz CT molecular complexity index is 755. The fraction of sp³-hybridized carbons (Fsp3) is 0.333. The minimum atomic E-state index is -0.00151. The van der Waals surface area contributed by atoms with Crippen molar-refractivity contribution in [1.82, 2.24) is 4.90 Å².